The Kier molecular flexibility index (Phi) is 4.86. The summed E-state index contributed by atoms with van der Waals surface area (Å²) >= 11 is 0. The molecule has 0 saturated carbocycles. The van der Waals surface area contributed by atoms with E-state index in [0.29, 0.717) is 24.2 Å². The summed E-state index contributed by atoms with van der Waals surface area (Å²) in [7, 11) is 1.70. The molecule has 2 rings (SSSR count). The molecule has 1 heterocycles. The lowest BCUT2D eigenvalue weighted by Gasteiger charge is -2.10. The predicted molar refractivity (Wildman–Crippen MR) is 79.6 cm³/mol. The van der Waals surface area contributed by atoms with Gasteiger partial charge in [0.1, 0.15) is 5.82 Å². The molecule has 2 N–H and O–H groups in total. The van der Waals surface area contributed by atoms with Gasteiger partial charge < -0.3 is 15.4 Å². The number of halogens is 1. The van der Waals surface area contributed by atoms with Gasteiger partial charge >= 0.3 is 6.01 Å². The van der Waals surface area contributed by atoms with Crippen LogP contribution in [0.15, 0.2) is 18.2 Å². The smallest absolute Gasteiger partial charge is 0.323 e. The Balaban J connectivity index is 2.27. The van der Waals surface area contributed by atoms with Crippen molar-refractivity contribution in [3.63, 3.8) is 0 Å². The highest BCUT2D eigenvalue weighted by atomic mass is 19.1. The number of hydrogen-bond donors (Lipinski definition) is 2. The molecule has 0 saturated heterocycles. The molecule has 2 aromatic rings. The Morgan fingerprint density at radius 3 is 2.67 bits per heavy atom. The quantitative estimate of drug-likeness (QED) is 0.852. The van der Waals surface area contributed by atoms with E-state index in [1.807, 2.05) is 13.8 Å². The van der Waals surface area contributed by atoms with Gasteiger partial charge in [-0.25, -0.2) is 4.39 Å². The van der Waals surface area contributed by atoms with Crippen LogP contribution in [0.5, 0.6) is 6.01 Å². The second-order valence-electron chi connectivity index (χ2n) is 4.45. The van der Waals surface area contributed by atoms with Crippen molar-refractivity contribution in [1.29, 1.82) is 0 Å². The molecular formula is C14H18FN5O. The SMILES string of the molecule is CCCOc1nc(NC)nc(Nc2cc(F)ccc2C)n1. The van der Waals surface area contributed by atoms with Gasteiger partial charge in [-0.2, -0.15) is 15.0 Å². The number of aryl methyl sites for hydroxylation is 1. The number of rotatable bonds is 6. The minimum absolute atomic E-state index is 0.229. The lowest BCUT2D eigenvalue weighted by atomic mass is 10.2. The van der Waals surface area contributed by atoms with Crippen LogP contribution >= 0.6 is 0 Å². The molecule has 0 atom stereocenters. The van der Waals surface area contributed by atoms with Gasteiger partial charge in [0.2, 0.25) is 11.9 Å². The first kappa shape index (κ1) is 15.0. The maximum atomic E-state index is 13.3. The largest absolute Gasteiger partial charge is 0.463 e. The molecule has 1 aromatic carbocycles. The van der Waals surface area contributed by atoms with E-state index in [4.69, 9.17) is 4.74 Å². The van der Waals surface area contributed by atoms with Gasteiger partial charge in [0, 0.05) is 12.7 Å². The maximum Gasteiger partial charge on any atom is 0.323 e. The van der Waals surface area contributed by atoms with Crippen molar-refractivity contribution in [3.8, 4) is 6.01 Å². The molecule has 21 heavy (non-hydrogen) atoms. The lowest BCUT2D eigenvalue weighted by molar-refractivity contribution is 0.292. The summed E-state index contributed by atoms with van der Waals surface area (Å²) in [5.41, 5.74) is 1.49. The average molecular weight is 291 g/mol. The molecule has 0 bridgehead atoms. The van der Waals surface area contributed by atoms with E-state index in [2.05, 4.69) is 25.6 Å². The lowest BCUT2D eigenvalue weighted by Crippen LogP contribution is -2.08. The van der Waals surface area contributed by atoms with Gasteiger partial charge in [-0.3, -0.25) is 0 Å². The van der Waals surface area contributed by atoms with Crippen LogP contribution in [0.3, 0.4) is 0 Å². The molecule has 112 valence electrons. The zero-order valence-electron chi connectivity index (χ0n) is 12.3. The van der Waals surface area contributed by atoms with Crippen LogP contribution < -0.4 is 15.4 Å². The normalized spacial score (nSPS) is 10.3. The Morgan fingerprint density at radius 1 is 1.19 bits per heavy atom. The van der Waals surface area contributed by atoms with Gasteiger partial charge in [-0.05, 0) is 31.0 Å². The summed E-state index contributed by atoms with van der Waals surface area (Å²) in [5.74, 6) is 0.357. The maximum absolute atomic E-state index is 13.3. The van der Waals surface area contributed by atoms with Crippen LogP contribution in [-0.4, -0.2) is 28.6 Å². The van der Waals surface area contributed by atoms with Crippen LogP contribution in [0.2, 0.25) is 0 Å². The van der Waals surface area contributed by atoms with Crippen molar-refractivity contribution in [3.05, 3.63) is 29.6 Å². The topological polar surface area (TPSA) is 72.0 Å². The average Bonchev–Trinajstić information content (AvgIpc) is 2.48. The monoisotopic (exact) mass is 291 g/mol. The molecule has 0 spiro atoms. The van der Waals surface area contributed by atoms with Crippen molar-refractivity contribution < 1.29 is 9.13 Å². The summed E-state index contributed by atoms with van der Waals surface area (Å²) in [5, 5.41) is 5.82. The number of hydrogen-bond acceptors (Lipinski definition) is 6. The summed E-state index contributed by atoms with van der Waals surface area (Å²) in [6.45, 7) is 4.39. The summed E-state index contributed by atoms with van der Waals surface area (Å²) in [6, 6.07) is 4.72. The van der Waals surface area contributed by atoms with Gasteiger partial charge in [-0.15, -0.1) is 0 Å². The van der Waals surface area contributed by atoms with Crippen LogP contribution in [0.25, 0.3) is 0 Å². The Morgan fingerprint density at radius 2 is 1.95 bits per heavy atom. The second-order valence-corrected chi connectivity index (χ2v) is 4.45. The Labute approximate surface area is 122 Å². The fourth-order valence-corrected chi connectivity index (χ4v) is 1.63. The number of nitrogens with zero attached hydrogens (tertiary/aromatic N) is 3. The summed E-state index contributed by atoms with van der Waals surface area (Å²) in [4.78, 5) is 12.4. The van der Waals surface area contributed by atoms with Crippen molar-refractivity contribution in [2.75, 3.05) is 24.3 Å². The van der Waals surface area contributed by atoms with E-state index in [9.17, 15) is 4.39 Å². The van der Waals surface area contributed by atoms with Crippen molar-refractivity contribution >= 4 is 17.6 Å². The fraction of sp³-hybridized carbons (Fsp3) is 0.357. The van der Waals surface area contributed by atoms with E-state index in [1.165, 1.54) is 12.1 Å². The molecule has 0 amide bonds. The molecule has 0 radical (unpaired) electrons. The van der Waals surface area contributed by atoms with Crippen molar-refractivity contribution in [2.24, 2.45) is 0 Å². The predicted octanol–water partition coefficient (Wildman–Crippen LogP) is 2.89. The molecular weight excluding hydrogens is 273 g/mol. The standard InChI is InChI=1S/C14H18FN5O/c1-4-7-21-14-19-12(16-3)18-13(20-14)17-11-8-10(15)6-5-9(11)2/h5-6,8H,4,7H2,1-3H3,(H2,16,17,18,19,20). The number of nitrogens with one attached hydrogen (secondary N) is 2. The Bertz CT molecular complexity index is 620. The van der Waals surface area contributed by atoms with Gasteiger partial charge in [0.25, 0.3) is 0 Å². The van der Waals surface area contributed by atoms with Crippen molar-refractivity contribution in [2.45, 2.75) is 20.3 Å². The molecule has 0 aliphatic heterocycles. The molecule has 0 aliphatic carbocycles. The zero-order chi connectivity index (χ0) is 15.2. The highest BCUT2D eigenvalue weighted by Gasteiger charge is 2.08. The van der Waals surface area contributed by atoms with E-state index >= 15 is 0 Å². The molecule has 0 fully saturated rings. The molecule has 7 heteroatoms. The first-order valence-electron chi connectivity index (χ1n) is 6.72. The van der Waals surface area contributed by atoms with E-state index in [1.54, 1.807) is 13.1 Å². The summed E-state index contributed by atoms with van der Waals surface area (Å²) < 4.78 is 18.7. The minimum atomic E-state index is -0.326. The third-order valence-corrected chi connectivity index (χ3v) is 2.72. The van der Waals surface area contributed by atoms with Crippen molar-refractivity contribution in [1.82, 2.24) is 15.0 Å². The Hall–Kier alpha value is -2.44. The second kappa shape index (κ2) is 6.83. The number of benzene rings is 1. The van der Waals surface area contributed by atoms with Crippen LogP contribution in [0.1, 0.15) is 18.9 Å². The molecule has 0 aliphatic rings. The van der Waals surface area contributed by atoms with Gasteiger partial charge in [0.15, 0.2) is 0 Å². The van der Waals surface area contributed by atoms with E-state index in [0.717, 1.165) is 12.0 Å². The first-order valence-corrected chi connectivity index (χ1v) is 6.72. The highest BCUT2D eigenvalue weighted by molar-refractivity contribution is 5.58. The number of anilines is 3. The molecule has 1 aromatic heterocycles. The summed E-state index contributed by atoms with van der Waals surface area (Å²) in [6.07, 6.45) is 0.854. The third-order valence-electron chi connectivity index (χ3n) is 2.72. The highest BCUT2D eigenvalue weighted by Crippen LogP contribution is 2.21. The molecule has 0 unspecified atom stereocenters. The zero-order valence-corrected chi connectivity index (χ0v) is 12.3. The van der Waals surface area contributed by atoms with Crippen LogP contribution in [0.4, 0.5) is 22.0 Å². The third kappa shape index (κ3) is 4.01. The van der Waals surface area contributed by atoms with Crippen LogP contribution in [-0.2, 0) is 0 Å². The van der Waals surface area contributed by atoms with E-state index in [-0.39, 0.29) is 11.8 Å². The van der Waals surface area contributed by atoms with Gasteiger partial charge in [-0.1, -0.05) is 13.0 Å². The number of ether oxygens (including phenoxy) is 1. The van der Waals surface area contributed by atoms with Crippen LogP contribution in [0, 0.1) is 12.7 Å². The number of aromatic nitrogens is 3. The van der Waals surface area contributed by atoms with Gasteiger partial charge in [0.05, 0.1) is 6.61 Å². The minimum Gasteiger partial charge on any atom is -0.463 e. The fourth-order valence-electron chi connectivity index (χ4n) is 1.63. The first-order chi connectivity index (χ1) is 10.1. The molecule has 6 nitrogen and oxygen atoms in total. The van der Waals surface area contributed by atoms with E-state index < -0.39 is 0 Å².